The van der Waals surface area contributed by atoms with Gasteiger partial charge in [-0.15, -0.1) is 11.3 Å². The number of halogens is 1. The number of nitrogens with one attached hydrogen (secondary N) is 2. The molecule has 2 heterocycles. The molecule has 1 aliphatic rings. The molecule has 156 valence electrons. The molecule has 8 nitrogen and oxygen atoms in total. The maximum atomic E-state index is 12.4. The van der Waals surface area contributed by atoms with Gasteiger partial charge in [-0.3, -0.25) is 15.0 Å². The highest BCUT2D eigenvalue weighted by Gasteiger charge is 2.30. The number of carbonyl (C=O) groups excluding carboxylic acids is 3. The molecule has 1 unspecified atom stereocenters. The van der Waals surface area contributed by atoms with E-state index < -0.39 is 17.6 Å². The van der Waals surface area contributed by atoms with Crippen LogP contribution in [-0.4, -0.2) is 47.5 Å². The van der Waals surface area contributed by atoms with Crippen LogP contribution in [0.15, 0.2) is 12.1 Å². The van der Waals surface area contributed by atoms with E-state index in [0.717, 1.165) is 11.3 Å². The third-order valence-corrected chi connectivity index (χ3v) is 5.63. The van der Waals surface area contributed by atoms with Crippen molar-refractivity contribution < 1.29 is 19.1 Å². The van der Waals surface area contributed by atoms with E-state index in [1.54, 1.807) is 17.0 Å². The SMILES string of the molecule is CC(C)(C)OC(=O)N1CCC(CC(NC(=O)c2ccc(Cl)s2)C(=O)NN)CC1. The lowest BCUT2D eigenvalue weighted by Crippen LogP contribution is -2.50. The number of carbonyl (C=O) groups is 3. The van der Waals surface area contributed by atoms with Gasteiger partial charge in [0.15, 0.2) is 0 Å². The molecule has 1 saturated heterocycles. The molecule has 3 amide bonds. The van der Waals surface area contributed by atoms with Crippen molar-refractivity contribution in [3.05, 3.63) is 21.3 Å². The Bertz CT molecular complexity index is 711. The van der Waals surface area contributed by atoms with E-state index in [-0.39, 0.29) is 17.9 Å². The van der Waals surface area contributed by atoms with Crippen LogP contribution < -0.4 is 16.6 Å². The molecule has 4 N–H and O–H groups in total. The van der Waals surface area contributed by atoms with Gasteiger partial charge in [-0.2, -0.15) is 0 Å². The summed E-state index contributed by atoms with van der Waals surface area (Å²) in [7, 11) is 0. The molecule has 0 aromatic carbocycles. The summed E-state index contributed by atoms with van der Waals surface area (Å²) in [5.74, 6) is 4.64. The Morgan fingerprint density at radius 2 is 1.96 bits per heavy atom. The molecular weight excluding hydrogens is 404 g/mol. The molecule has 1 aromatic rings. The van der Waals surface area contributed by atoms with Gasteiger partial charge in [-0.25, -0.2) is 10.6 Å². The number of piperidine rings is 1. The smallest absolute Gasteiger partial charge is 0.410 e. The van der Waals surface area contributed by atoms with Crippen molar-refractivity contribution >= 4 is 40.8 Å². The Morgan fingerprint density at radius 1 is 1.32 bits per heavy atom. The minimum atomic E-state index is -0.753. The van der Waals surface area contributed by atoms with Crippen molar-refractivity contribution in [2.75, 3.05) is 13.1 Å². The number of hydrogen-bond acceptors (Lipinski definition) is 6. The first kappa shape index (κ1) is 22.4. The zero-order chi connectivity index (χ0) is 20.9. The minimum absolute atomic E-state index is 0.174. The monoisotopic (exact) mass is 430 g/mol. The maximum absolute atomic E-state index is 12.4. The maximum Gasteiger partial charge on any atom is 0.410 e. The zero-order valence-electron chi connectivity index (χ0n) is 16.3. The number of likely N-dealkylation sites (tertiary alicyclic amines) is 1. The topological polar surface area (TPSA) is 114 Å². The summed E-state index contributed by atoms with van der Waals surface area (Å²) < 4.78 is 5.89. The number of nitrogens with zero attached hydrogens (tertiary/aromatic N) is 1. The summed E-state index contributed by atoms with van der Waals surface area (Å²) in [5, 5.41) is 2.73. The van der Waals surface area contributed by atoms with Crippen LogP contribution in [0.1, 0.15) is 49.7 Å². The van der Waals surface area contributed by atoms with Crippen LogP contribution in [0.5, 0.6) is 0 Å². The third-order valence-electron chi connectivity index (χ3n) is 4.40. The summed E-state index contributed by atoms with van der Waals surface area (Å²) in [6.07, 6.45) is 1.55. The second-order valence-electron chi connectivity index (χ2n) is 7.78. The van der Waals surface area contributed by atoms with Gasteiger partial charge in [0.2, 0.25) is 0 Å². The molecule has 1 fully saturated rings. The molecule has 10 heteroatoms. The number of rotatable bonds is 5. The highest BCUT2D eigenvalue weighted by molar-refractivity contribution is 7.18. The molecule has 1 aromatic heterocycles. The highest BCUT2D eigenvalue weighted by atomic mass is 35.5. The first-order chi connectivity index (χ1) is 13.1. The van der Waals surface area contributed by atoms with E-state index in [1.165, 1.54) is 0 Å². The summed E-state index contributed by atoms with van der Waals surface area (Å²) in [6, 6.07) is 2.49. The summed E-state index contributed by atoms with van der Waals surface area (Å²) in [4.78, 5) is 38.7. The number of amides is 3. The molecule has 2 rings (SSSR count). The Morgan fingerprint density at radius 3 is 2.46 bits per heavy atom. The van der Waals surface area contributed by atoms with Gasteiger partial charge in [0.25, 0.3) is 11.8 Å². The van der Waals surface area contributed by atoms with E-state index >= 15 is 0 Å². The van der Waals surface area contributed by atoms with Crippen molar-refractivity contribution in [1.29, 1.82) is 0 Å². The molecule has 0 bridgehead atoms. The number of hydrogen-bond donors (Lipinski definition) is 3. The number of nitrogens with two attached hydrogens (primary N) is 1. The zero-order valence-corrected chi connectivity index (χ0v) is 17.9. The Kier molecular flexibility index (Phi) is 7.68. The normalized spacial score (nSPS) is 16.4. The molecule has 0 radical (unpaired) electrons. The lowest BCUT2D eigenvalue weighted by molar-refractivity contribution is -0.123. The van der Waals surface area contributed by atoms with Crippen molar-refractivity contribution in [2.24, 2.45) is 11.8 Å². The van der Waals surface area contributed by atoms with Crippen LogP contribution in [0.3, 0.4) is 0 Å². The molecule has 0 spiro atoms. The molecule has 1 aliphatic heterocycles. The van der Waals surface area contributed by atoms with E-state index in [9.17, 15) is 14.4 Å². The minimum Gasteiger partial charge on any atom is -0.444 e. The fraction of sp³-hybridized carbons (Fsp3) is 0.611. The van der Waals surface area contributed by atoms with Crippen molar-refractivity contribution in [2.45, 2.75) is 51.7 Å². The molecule has 28 heavy (non-hydrogen) atoms. The van der Waals surface area contributed by atoms with Gasteiger partial charge < -0.3 is 15.0 Å². The van der Waals surface area contributed by atoms with Gasteiger partial charge in [0.05, 0.1) is 9.21 Å². The van der Waals surface area contributed by atoms with E-state index in [4.69, 9.17) is 22.2 Å². The van der Waals surface area contributed by atoms with Crippen molar-refractivity contribution in [1.82, 2.24) is 15.6 Å². The van der Waals surface area contributed by atoms with Gasteiger partial charge in [-0.05, 0) is 58.1 Å². The second kappa shape index (κ2) is 9.58. The van der Waals surface area contributed by atoms with Gasteiger partial charge in [0.1, 0.15) is 11.6 Å². The first-order valence-corrected chi connectivity index (χ1v) is 10.3. The Labute approximate surface area is 173 Å². The largest absolute Gasteiger partial charge is 0.444 e. The van der Waals surface area contributed by atoms with Crippen molar-refractivity contribution in [3.63, 3.8) is 0 Å². The summed E-state index contributed by atoms with van der Waals surface area (Å²) in [6.45, 7) is 6.58. The summed E-state index contributed by atoms with van der Waals surface area (Å²) >= 11 is 7.01. The second-order valence-corrected chi connectivity index (χ2v) is 9.50. The lowest BCUT2D eigenvalue weighted by Gasteiger charge is -2.34. The van der Waals surface area contributed by atoms with Crippen LogP contribution >= 0.6 is 22.9 Å². The summed E-state index contributed by atoms with van der Waals surface area (Å²) in [5.41, 5.74) is 1.57. The fourth-order valence-electron chi connectivity index (χ4n) is 3.01. The predicted molar refractivity (Wildman–Crippen MR) is 108 cm³/mol. The van der Waals surface area contributed by atoms with Gasteiger partial charge in [0, 0.05) is 13.1 Å². The average Bonchev–Trinajstić information content (AvgIpc) is 3.06. The number of hydrazine groups is 1. The Hall–Kier alpha value is -1.84. The van der Waals surface area contributed by atoms with Crippen LogP contribution in [0.2, 0.25) is 4.34 Å². The third kappa shape index (κ3) is 6.65. The quantitative estimate of drug-likeness (QED) is 0.377. The number of ether oxygens (including phenoxy) is 1. The molecular formula is C18H27ClN4O4S. The van der Waals surface area contributed by atoms with Crippen LogP contribution in [0, 0.1) is 5.92 Å². The van der Waals surface area contributed by atoms with Crippen molar-refractivity contribution in [3.8, 4) is 0 Å². The van der Waals surface area contributed by atoms with Gasteiger partial charge in [-0.1, -0.05) is 11.6 Å². The Balaban J connectivity index is 1.90. The van der Waals surface area contributed by atoms with E-state index in [0.29, 0.717) is 41.6 Å². The standard InChI is InChI=1S/C18H27ClN4O4S/c1-18(2,3)27-17(26)23-8-6-11(7-9-23)10-12(15(24)22-20)21-16(25)13-4-5-14(19)28-13/h4-5,11-12H,6-10,20H2,1-3H3,(H,21,25)(H,22,24). The molecule has 0 saturated carbocycles. The van der Waals surface area contributed by atoms with E-state index in [2.05, 4.69) is 10.7 Å². The van der Waals surface area contributed by atoms with Crippen LogP contribution in [-0.2, 0) is 9.53 Å². The van der Waals surface area contributed by atoms with E-state index in [1.807, 2.05) is 20.8 Å². The average molecular weight is 431 g/mol. The molecule has 1 atom stereocenters. The van der Waals surface area contributed by atoms with Crippen LogP contribution in [0.4, 0.5) is 4.79 Å². The highest BCUT2D eigenvalue weighted by Crippen LogP contribution is 2.25. The van der Waals surface area contributed by atoms with Crippen LogP contribution in [0.25, 0.3) is 0 Å². The lowest BCUT2D eigenvalue weighted by atomic mass is 9.90. The van der Waals surface area contributed by atoms with Gasteiger partial charge >= 0.3 is 6.09 Å². The fourth-order valence-corrected chi connectivity index (χ4v) is 3.96. The predicted octanol–water partition coefficient (Wildman–Crippen LogP) is 2.53. The number of thiophene rings is 1. The first-order valence-electron chi connectivity index (χ1n) is 9.13. The molecule has 0 aliphatic carbocycles.